The normalized spacial score (nSPS) is 12.2. The molecule has 132 valence electrons. The van der Waals surface area contributed by atoms with Crippen LogP contribution in [-0.4, -0.2) is 19.6 Å². The molecule has 25 heavy (non-hydrogen) atoms. The summed E-state index contributed by atoms with van der Waals surface area (Å²) in [6.45, 7) is -1.13. The summed E-state index contributed by atoms with van der Waals surface area (Å²) in [7, 11) is 1.36. The number of hydrogen-bond donors (Lipinski definition) is 1. The van der Waals surface area contributed by atoms with E-state index in [-0.39, 0.29) is 23.4 Å². The zero-order chi connectivity index (χ0) is 18.2. The van der Waals surface area contributed by atoms with Gasteiger partial charge in [0, 0.05) is 11.6 Å². The van der Waals surface area contributed by atoms with Crippen LogP contribution >= 0.6 is 0 Å². The van der Waals surface area contributed by atoms with E-state index in [4.69, 9.17) is 4.74 Å². The Morgan fingerprint density at radius 2 is 1.84 bits per heavy atom. The van der Waals surface area contributed by atoms with Crippen LogP contribution < -0.4 is 14.8 Å². The third kappa shape index (κ3) is 5.31. The minimum absolute atomic E-state index is 0.111. The number of hydrogen-bond acceptors (Lipinski definition) is 3. The highest BCUT2D eigenvalue weighted by Gasteiger charge is 2.14. The summed E-state index contributed by atoms with van der Waals surface area (Å²) in [5.74, 6) is -0.289. The number of alkyl halides is 2. The zero-order valence-corrected chi connectivity index (χ0v) is 13.9. The molecule has 0 unspecified atom stereocenters. The van der Waals surface area contributed by atoms with E-state index < -0.39 is 6.61 Å². The number of benzene rings is 2. The molecule has 2 aromatic rings. The van der Waals surface area contributed by atoms with Gasteiger partial charge in [-0.1, -0.05) is 42.5 Å². The highest BCUT2D eigenvalue weighted by Crippen LogP contribution is 2.33. The first-order chi connectivity index (χ1) is 12.0. The van der Waals surface area contributed by atoms with Crippen LogP contribution in [0.3, 0.4) is 0 Å². The van der Waals surface area contributed by atoms with Crippen LogP contribution in [0.25, 0.3) is 6.08 Å². The minimum atomic E-state index is -2.99. The van der Waals surface area contributed by atoms with Crippen molar-refractivity contribution in [1.82, 2.24) is 5.32 Å². The van der Waals surface area contributed by atoms with Gasteiger partial charge in [0.05, 0.1) is 13.2 Å². The lowest BCUT2D eigenvalue weighted by molar-refractivity contribution is -0.117. The molecule has 0 radical (unpaired) electrons. The Kier molecular flexibility index (Phi) is 6.51. The maximum Gasteiger partial charge on any atom is 0.387 e. The Hall–Kier alpha value is -2.89. The molecule has 6 heteroatoms. The van der Waals surface area contributed by atoms with Crippen LogP contribution in [0.1, 0.15) is 24.1 Å². The van der Waals surface area contributed by atoms with Crippen LogP contribution in [0.4, 0.5) is 8.78 Å². The first kappa shape index (κ1) is 18.4. The summed E-state index contributed by atoms with van der Waals surface area (Å²) in [5.41, 5.74) is 1.29. The lowest BCUT2D eigenvalue weighted by Crippen LogP contribution is -2.24. The van der Waals surface area contributed by atoms with Crippen LogP contribution in [0.15, 0.2) is 54.6 Å². The van der Waals surface area contributed by atoms with E-state index in [1.54, 1.807) is 12.1 Å². The van der Waals surface area contributed by atoms with Gasteiger partial charge < -0.3 is 14.8 Å². The third-order valence-corrected chi connectivity index (χ3v) is 3.51. The summed E-state index contributed by atoms with van der Waals surface area (Å²) >= 11 is 0. The second-order valence-electron chi connectivity index (χ2n) is 5.23. The number of carbonyl (C=O) groups excluding carboxylic acids is 1. The van der Waals surface area contributed by atoms with E-state index >= 15 is 0 Å². The fraction of sp³-hybridized carbons (Fsp3) is 0.211. The van der Waals surface area contributed by atoms with Crippen molar-refractivity contribution in [3.63, 3.8) is 0 Å². The van der Waals surface area contributed by atoms with E-state index in [0.29, 0.717) is 5.56 Å². The molecule has 1 amide bonds. The van der Waals surface area contributed by atoms with Crippen molar-refractivity contribution in [3.8, 4) is 11.5 Å². The smallest absolute Gasteiger partial charge is 0.387 e. The Morgan fingerprint density at radius 3 is 2.48 bits per heavy atom. The van der Waals surface area contributed by atoms with E-state index in [2.05, 4.69) is 10.1 Å². The molecular formula is C19H19F2NO3. The van der Waals surface area contributed by atoms with Crippen LogP contribution in [0.2, 0.25) is 0 Å². The zero-order valence-electron chi connectivity index (χ0n) is 13.9. The Morgan fingerprint density at radius 1 is 1.12 bits per heavy atom. The van der Waals surface area contributed by atoms with Gasteiger partial charge in [0.2, 0.25) is 5.91 Å². The molecular weight excluding hydrogens is 328 g/mol. The Labute approximate surface area is 145 Å². The third-order valence-electron chi connectivity index (χ3n) is 3.51. The number of ether oxygens (including phenoxy) is 2. The van der Waals surface area contributed by atoms with E-state index in [1.165, 1.54) is 25.3 Å². The molecule has 0 spiro atoms. The topological polar surface area (TPSA) is 47.6 Å². The van der Waals surface area contributed by atoms with Crippen molar-refractivity contribution in [3.05, 3.63) is 65.7 Å². The molecule has 1 atom stereocenters. The first-order valence-corrected chi connectivity index (χ1v) is 7.66. The largest absolute Gasteiger partial charge is 0.493 e. The highest BCUT2D eigenvalue weighted by molar-refractivity contribution is 5.92. The lowest BCUT2D eigenvalue weighted by Gasteiger charge is -2.13. The van der Waals surface area contributed by atoms with Gasteiger partial charge in [-0.3, -0.25) is 4.79 Å². The maximum atomic E-state index is 12.6. The number of halogens is 2. The quantitative estimate of drug-likeness (QED) is 0.764. The standard InChI is InChI=1S/C19H19F2NO3/c1-13(14-7-4-3-5-8-14)22-17(23)12-11-15-9-6-10-16(24-2)18(15)25-19(20)21/h3-13,19H,1-2H3,(H,22,23)/b12-11+/t13-/m0/s1. The van der Waals surface area contributed by atoms with Gasteiger partial charge in [-0.05, 0) is 24.6 Å². The minimum Gasteiger partial charge on any atom is -0.493 e. The van der Waals surface area contributed by atoms with Gasteiger partial charge in [-0.2, -0.15) is 8.78 Å². The number of rotatable bonds is 7. The number of carbonyl (C=O) groups is 1. The average Bonchev–Trinajstić information content (AvgIpc) is 2.61. The molecule has 4 nitrogen and oxygen atoms in total. The van der Waals surface area contributed by atoms with Gasteiger partial charge in [-0.25, -0.2) is 0 Å². The van der Waals surface area contributed by atoms with Gasteiger partial charge in [0.15, 0.2) is 11.5 Å². The number of para-hydroxylation sites is 1. The van der Waals surface area contributed by atoms with Crippen molar-refractivity contribution in [2.75, 3.05) is 7.11 Å². The molecule has 0 aliphatic carbocycles. The first-order valence-electron chi connectivity index (χ1n) is 7.66. The van der Waals surface area contributed by atoms with Crippen LogP contribution in [0.5, 0.6) is 11.5 Å². The van der Waals surface area contributed by atoms with Crippen molar-refractivity contribution in [2.24, 2.45) is 0 Å². The molecule has 0 saturated carbocycles. The maximum absolute atomic E-state index is 12.6. The SMILES string of the molecule is COc1cccc(/C=C/C(=O)N[C@@H](C)c2ccccc2)c1OC(F)F. The molecule has 0 bridgehead atoms. The summed E-state index contributed by atoms with van der Waals surface area (Å²) in [4.78, 5) is 12.1. The van der Waals surface area contributed by atoms with Gasteiger partial charge in [0.25, 0.3) is 0 Å². The lowest BCUT2D eigenvalue weighted by atomic mass is 10.1. The Bertz CT molecular complexity index is 733. The van der Waals surface area contributed by atoms with Gasteiger partial charge in [-0.15, -0.1) is 0 Å². The van der Waals surface area contributed by atoms with Crippen molar-refractivity contribution >= 4 is 12.0 Å². The van der Waals surface area contributed by atoms with E-state index in [9.17, 15) is 13.6 Å². The summed E-state index contributed by atoms with van der Waals surface area (Å²) < 4.78 is 34.7. The molecule has 0 saturated heterocycles. The van der Waals surface area contributed by atoms with Crippen LogP contribution in [-0.2, 0) is 4.79 Å². The van der Waals surface area contributed by atoms with Crippen molar-refractivity contribution < 1.29 is 23.0 Å². The monoisotopic (exact) mass is 347 g/mol. The predicted molar refractivity (Wildman–Crippen MR) is 91.7 cm³/mol. The highest BCUT2D eigenvalue weighted by atomic mass is 19.3. The predicted octanol–water partition coefficient (Wildman–Crippen LogP) is 4.19. The molecule has 0 aliphatic heterocycles. The molecule has 1 N–H and O–H groups in total. The summed E-state index contributed by atoms with van der Waals surface area (Å²) in [6.07, 6.45) is 2.68. The molecule has 0 fully saturated rings. The molecule has 0 aliphatic rings. The molecule has 0 aromatic heterocycles. The van der Waals surface area contributed by atoms with Crippen LogP contribution in [0, 0.1) is 0 Å². The van der Waals surface area contributed by atoms with Crippen molar-refractivity contribution in [2.45, 2.75) is 19.6 Å². The fourth-order valence-corrected chi connectivity index (χ4v) is 2.29. The fourth-order valence-electron chi connectivity index (χ4n) is 2.29. The average molecular weight is 347 g/mol. The van der Waals surface area contributed by atoms with Gasteiger partial charge >= 0.3 is 6.61 Å². The van der Waals surface area contributed by atoms with Gasteiger partial charge in [0.1, 0.15) is 0 Å². The molecule has 0 heterocycles. The number of methoxy groups -OCH3 is 1. The number of amides is 1. The second-order valence-corrected chi connectivity index (χ2v) is 5.23. The van der Waals surface area contributed by atoms with E-state index in [1.807, 2.05) is 37.3 Å². The number of nitrogens with one attached hydrogen (secondary N) is 1. The second kappa shape index (κ2) is 8.82. The van der Waals surface area contributed by atoms with Crippen molar-refractivity contribution in [1.29, 1.82) is 0 Å². The summed E-state index contributed by atoms with van der Waals surface area (Å²) in [6, 6.07) is 14.0. The van der Waals surface area contributed by atoms with E-state index in [0.717, 1.165) is 5.56 Å². The Balaban J connectivity index is 2.11. The summed E-state index contributed by atoms with van der Waals surface area (Å²) in [5, 5.41) is 2.81. The molecule has 2 rings (SSSR count). The molecule has 2 aromatic carbocycles.